The number of benzene rings is 1. The number of nitrogens with two attached hydrogens (primary N) is 1. The number of rotatable bonds is 4. The van der Waals surface area contributed by atoms with E-state index in [-0.39, 0.29) is 0 Å². The van der Waals surface area contributed by atoms with Gasteiger partial charge in [-0.2, -0.15) is 17.7 Å². The largest absolute Gasteiger partial charge is 0.493 e. The number of H-pyrrole nitrogens is 1. The first-order chi connectivity index (χ1) is 11.1. The molecule has 3 N–H and O–H groups in total. The first-order valence-corrected chi connectivity index (χ1v) is 9.08. The molecule has 0 spiro atoms. The number of hydrogen-bond donors (Lipinski definition) is 3. The van der Waals surface area contributed by atoms with E-state index in [1.807, 2.05) is 18.2 Å². The van der Waals surface area contributed by atoms with Gasteiger partial charge in [-0.25, -0.2) is 0 Å². The lowest BCUT2D eigenvalue weighted by Crippen LogP contribution is -2.39. The minimum absolute atomic E-state index is 0.539. The Hall–Kier alpha value is -1.40. The average molecular weight is 337 g/mol. The van der Waals surface area contributed by atoms with E-state index in [4.69, 9.17) is 10.5 Å². The molecule has 0 bridgehead atoms. The lowest BCUT2D eigenvalue weighted by molar-refractivity contribution is 0.119. The van der Waals surface area contributed by atoms with E-state index in [2.05, 4.69) is 41.6 Å². The Morgan fingerprint density at radius 3 is 2.70 bits per heavy atom. The van der Waals surface area contributed by atoms with Crippen LogP contribution in [0.3, 0.4) is 0 Å². The summed E-state index contributed by atoms with van der Waals surface area (Å²) in [6, 6.07) is 6.56. The highest BCUT2D eigenvalue weighted by molar-refractivity contribution is 7.79. The molecule has 1 aromatic carbocycles. The highest BCUT2D eigenvalue weighted by Gasteiger charge is 2.21. The maximum absolute atomic E-state index is 5.95. The molecular formula is C17H28N4OS. The SMILES string of the molecule is CC(C)N1CCC(COc2ccc3c(N)n[nH]c3c2)CC1.CS. The fraction of sp³-hybridized carbons (Fsp3) is 0.588. The van der Waals surface area contributed by atoms with E-state index < -0.39 is 0 Å². The summed E-state index contributed by atoms with van der Waals surface area (Å²) in [5.74, 6) is 2.08. The minimum atomic E-state index is 0.539. The van der Waals surface area contributed by atoms with Crippen molar-refractivity contribution in [2.45, 2.75) is 32.7 Å². The number of nitrogen functional groups attached to an aromatic ring is 1. The zero-order chi connectivity index (χ0) is 16.8. The summed E-state index contributed by atoms with van der Waals surface area (Å²) < 4.78 is 5.95. The number of fused-ring (bicyclic) bond motifs is 1. The number of anilines is 1. The second-order valence-corrected chi connectivity index (χ2v) is 6.20. The molecule has 1 fully saturated rings. The van der Waals surface area contributed by atoms with E-state index in [1.165, 1.54) is 25.9 Å². The summed E-state index contributed by atoms with van der Waals surface area (Å²) in [5.41, 5.74) is 6.70. The van der Waals surface area contributed by atoms with E-state index in [1.54, 1.807) is 6.26 Å². The lowest BCUT2D eigenvalue weighted by atomic mass is 9.97. The normalized spacial score (nSPS) is 16.4. The van der Waals surface area contributed by atoms with E-state index in [0.717, 1.165) is 23.3 Å². The lowest BCUT2D eigenvalue weighted by Gasteiger charge is -2.34. The third kappa shape index (κ3) is 4.54. The van der Waals surface area contributed by atoms with Crippen molar-refractivity contribution in [3.05, 3.63) is 18.2 Å². The van der Waals surface area contributed by atoms with Crippen molar-refractivity contribution in [1.29, 1.82) is 0 Å². The van der Waals surface area contributed by atoms with E-state index >= 15 is 0 Å². The van der Waals surface area contributed by atoms with Gasteiger partial charge in [-0.15, -0.1) is 0 Å². The number of thiol groups is 1. The molecule has 2 aromatic rings. The van der Waals surface area contributed by atoms with Crippen LogP contribution in [0.1, 0.15) is 26.7 Å². The van der Waals surface area contributed by atoms with Crippen LogP contribution in [0.25, 0.3) is 10.9 Å². The molecule has 6 heteroatoms. The molecule has 0 saturated carbocycles. The van der Waals surface area contributed by atoms with Crippen molar-refractivity contribution in [3.8, 4) is 5.75 Å². The highest BCUT2D eigenvalue weighted by atomic mass is 32.1. The van der Waals surface area contributed by atoms with Gasteiger partial charge in [-0.3, -0.25) is 5.10 Å². The molecule has 1 aliphatic heterocycles. The first-order valence-electron chi connectivity index (χ1n) is 8.18. The van der Waals surface area contributed by atoms with Crippen LogP contribution in [0.2, 0.25) is 0 Å². The predicted molar refractivity (Wildman–Crippen MR) is 100 cm³/mol. The molecule has 0 amide bonds. The van der Waals surface area contributed by atoms with Crippen LogP contribution < -0.4 is 10.5 Å². The fourth-order valence-electron chi connectivity index (χ4n) is 2.96. The predicted octanol–water partition coefficient (Wildman–Crippen LogP) is 3.19. The van der Waals surface area contributed by atoms with Crippen LogP contribution in [-0.2, 0) is 0 Å². The Balaban J connectivity index is 0.000000924. The molecule has 3 rings (SSSR count). The van der Waals surface area contributed by atoms with Gasteiger partial charge in [-0.05, 0) is 64.1 Å². The maximum atomic E-state index is 5.95. The smallest absolute Gasteiger partial charge is 0.153 e. The molecule has 0 atom stereocenters. The van der Waals surface area contributed by atoms with Gasteiger partial charge in [0.1, 0.15) is 5.75 Å². The molecule has 23 heavy (non-hydrogen) atoms. The third-order valence-electron chi connectivity index (χ3n) is 4.43. The van der Waals surface area contributed by atoms with Crippen LogP contribution in [0.5, 0.6) is 5.75 Å². The number of likely N-dealkylation sites (tertiary alicyclic amines) is 1. The van der Waals surface area contributed by atoms with Crippen molar-refractivity contribution in [2.24, 2.45) is 5.92 Å². The van der Waals surface area contributed by atoms with Gasteiger partial charge in [0.25, 0.3) is 0 Å². The summed E-state index contributed by atoms with van der Waals surface area (Å²) in [6.07, 6.45) is 4.13. The summed E-state index contributed by atoms with van der Waals surface area (Å²) >= 11 is 3.53. The number of aromatic nitrogens is 2. The zero-order valence-corrected chi connectivity index (χ0v) is 15.1. The molecule has 0 radical (unpaired) electrons. The van der Waals surface area contributed by atoms with Crippen molar-refractivity contribution >= 4 is 29.3 Å². The van der Waals surface area contributed by atoms with E-state index in [0.29, 0.717) is 17.8 Å². The Bertz CT molecular complexity index is 606. The van der Waals surface area contributed by atoms with E-state index in [9.17, 15) is 0 Å². The van der Waals surface area contributed by atoms with Gasteiger partial charge in [0, 0.05) is 17.5 Å². The summed E-state index contributed by atoms with van der Waals surface area (Å²) in [4.78, 5) is 2.54. The number of hydrogen-bond acceptors (Lipinski definition) is 5. The van der Waals surface area contributed by atoms with Crippen LogP contribution >= 0.6 is 12.6 Å². The van der Waals surface area contributed by atoms with Crippen LogP contribution in [0.15, 0.2) is 18.2 Å². The molecule has 1 aromatic heterocycles. The van der Waals surface area contributed by atoms with Crippen molar-refractivity contribution in [3.63, 3.8) is 0 Å². The third-order valence-corrected chi connectivity index (χ3v) is 4.43. The van der Waals surface area contributed by atoms with Gasteiger partial charge in [0.15, 0.2) is 5.82 Å². The molecule has 0 unspecified atom stereocenters. The Kier molecular flexibility index (Phi) is 6.59. The van der Waals surface area contributed by atoms with Gasteiger partial charge in [0.05, 0.1) is 12.1 Å². The standard InChI is InChI=1S/C16H24N4O.CH4S/c1-11(2)20-7-5-12(6-8-20)10-21-13-3-4-14-15(9-13)18-19-16(14)17;1-2/h3-4,9,11-12H,5-8,10H2,1-2H3,(H3,17,18,19);2H,1H3. The number of piperidine rings is 1. The van der Waals surface area contributed by atoms with Crippen molar-refractivity contribution in [1.82, 2.24) is 15.1 Å². The van der Waals surface area contributed by atoms with Gasteiger partial charge in [-0.1, -0.05) is 0 Å². The number of nitrogens with one attached hydrogen (secondary N) is 1. The molecule has 1 aliphatic rings. The molecule has 2 heterocycles. The summed E-state index contributed by atoms with van der Waals surface area (Å²) in [6.45, 7) is 7.69. The number of nitrogens with zero attached hydrogens (tertiary/aromatic N) is 2. The second-order valence-electron chi connectivity index (χ2n) is 6.20. The average Bonchev–Trinajstić information content (AvgIpc) is 2.96. The summed E-state index contributed by atoms with van der Waals surface area (Å²) in [7, 11) is 0. The molecule has 0 aliphatic carbocycles. The Morgan fingerprint density at radius 2 is 2.04 bits per heavy atom. The number of ether oxygens (including phenoxy) is 1. The van der Waals surface area contributed by atoms with Crippen LogP contribution in [-0.4, -0.2) is 47.1 Å². The summed E-state index contributed by atoms with van der Waals surface area (Å²) in [5, 5.41) is 7.88. The molecule has 128 valence electrons. The van der Waals surface area contributed by atoms with Crippen LogP contribution in [0.4, 0.5) is 5.82 Å². The maximum Gasteiger partial charge on any atom is 0.153 e. The fourth-order valence-corrected chi connectivity index (χ4v) is 2.96. The quantitative estimate of drug-likeness (QED) is 0.750. The van der Waals surface area contributed by atoms with Gasteiger partial charge in [0.2, 0.25) is 0 Å². The molecule has 1 saturated heterocycles. The topological polar surface area (TPSA) is 67.2 Å². The Labute approximate surface area is 144 Å². The van der Waals surface area contributed by atoms with Crippen molar-refractivity contribution in [2.75, 3.05) is 31.7 Å². The monoisotopic (exact) mass is 336 g/mol. The Morgan fingerprint density at radius 1 is 1.35 bits per heavy atom. The molecular weight excluding hydrogens is 308 g/mol. The zero-order valence-electron chi connectivity index (χ0n) is 14.2. The van der Waals surface area contributed by atoms with Crippen molar-refractivity contribution < 1.29 is 4.74 Å². The van der Waals surface area contributed by atoms with Crippen LogP contribution in [0, 0.1) is 5.92 Å². The minimum Gasteiger partial charge on any atom is -0.493 e. The molecule has 5 nitrogen and oxygen atoms in total. The highest BCUT2D eigenvalue weighted by Crippen LogP contribution is 2.25. The van der Waals surface area contributed by atoms with Gasteiger partial charge < -0.3 is 15.4 Å². The first kappa shape index (κ1) is 17.9. The van der Waals surface area contributed by atoms with Gasteiger partial charge >= 0.3 is 0 Å². The second kappa shape index (κ2) is 8.45. The number of aromatic amines is 1.